The molecular formula is C13H22O4. The van der Waals surface area contributed by atoms with Gasteiger partial charge < -0.3 is 9.47 Å². The standard InChI is InChI=1S/C13H22O4/c1-10-4-6-13(7-5-10,8-11(14)16-2)9-12(15)17-3/h10H,4-9H2,1-3H3. The zero-order chi connectivity index (χ0) is 12.9. The van der Waals surface area contributed by atoms with Crippen LogP contribution in [0.1, 0.15) is 45.4 Å². The molecule has 0 saturated heterocycles. The fraction of sp³-hybridized carbons (Fsp3) is 0.846. The van der Waals surface area contributed by atoms with Crippen LogP contribution in [0.15, 0.2) is 0 Å². The van der Waals surface area contributed by atoms with Crippen molar-refractivity contribution < 1.29 is 19.1 Å². The quantitative estimate of drug-likeness (QED) is 0.710. The van der Waals surface area contributed by atoms with Crippen molar-refractivity contribution in [1.82, 2.24) is 0 Å². The topological polar surface area (TPSA) is 52.6 Å². The molecular weight excluding hydrogens is 220 g/mol. The summed E-state index contributed by atoms with van der Waals surface area (Å²) in [6, 6.07) is 0. The van der Waals surface area contributed by atoms with E-state index in [-0.39, 0.29) is 17.4 Å². The van der Waals surface area contributed by atoms with Crippen LogP contribution in [0.3, 0.4) is 0 Å². The van der Waals surface area contributed by atoms with Gasteiger partial charge in [-0.15, -0.1) is 0 Å². The van der Waals surface area contributed by atoms with Crippen molar-refractivity contribution in [2.45, 2.75) is 45.4 Å². The van der Waals surface area contributed by atoms with E-state index in [9.17, 15) is 9.59 Å². The van der Waals surface area contributed by atoms with Crippen molar-refractivity contribution in [2.24, 2.45) is 11.3 Å². The smallest absolute Gasteiger partial charge is 0.306 e. The Kier molecular flexibility index (Phi) is 4.97. The van der Waals surface area contributed by atoms with Gasteiger partial charge >= 0.3 is 11.9 Å². The summed E-state index contributed by atoms with van der Waals surface area (Å²) in [5.74, 6) is 0.213. The molecule has 1 aliphatic carbocycles. The second kappa shape index (κ2) is 6.03. The molecule has 0 aromatic carbocycles. The second-order valence-corrected chi connectivity index (χ2v) is 5.19. The van der Waals surface area contributed by atoms with Gasteiger partial charge in [-0.25, -0.2) is 0 Å². The maximum absolute atomic E-state index is 11.5. The van der Waals surface area contributed by atoms with E-state index in [1.165, 1.54) is 14.2 Å². The highest BCUT2D eigenvalue weighted by Gasteiger charge is 2.38. The molecule has 4 heteroatoms. The van der Waals surface area contributed by atoms with Gasteiger partial charge in [-0.3, -0.25) is 9.59 Å². The lowest BCUT2D eigenvalue weighted by molar-refractivity contribution is -0.149. The Morgan fingerprint density at radius 2 is 1.47 bits per heavy atom. The fourth-order valence-corrected chi connectivity index (χ4v) is 2.55. The third-order valence-corrected chi connectivity index (χ3v) is 3.83. The number of carbonyl (C=O) groups excluding carboxylic acids is 2. The molecule has 0 aliphatic heterocycles. The summed E-state index contributed by atoms with van der Waals surface area (Å²) in [4.78, 5) is 22.9. The molecule has 1 saturated carbocycles. The van der Waals surface area contributed by atoms with E-state index < -0.39 is 0 Å². The van der Waals surface area contributed by atoms with E-state index in [0.717, 1.165) is 25.7 Å². The van der Waals surface area contributed by atoms with Gasteiger partial charge in [0.2, 0.25) is 0 Å². The number of methoxy groups -OCH3 is 2. The third kappa shape index (κ3) is 4.02. The van der Waals surface area contributed by atoms with Crippen LogP contribution in [0.5, 0.6) is 0 Å². The third-order valence-electron chi connectivity index (χ3n) is 3.83. The molecule has 0 bridgehead atoms. The Morgan fingerprint density at radius 3 is 1.82 bits per heavy atom. The van der Waals surface area contributed by atoms with Gasteiger partial charge in [-0.05, 0) is 24.2 Å². The average Bonchev–Trinajstić information content (AvgIpc) is 2.32. The zero-order valence-corrected chi connectivity index (χ0v) is 11.0. The van der Waals surface area contributed by atoms with Crippen LogP contribution < -0.4 is 0 Å². The van der Waals surface area contributed by atoms with E-state index in [4.69, 9.17) is 9.47 Å². The Hall–Kier alpha value is -1.06. The Bertz CT molecular complexity index is 257. The van der Waals surface area contributed by atoms with Crippen molar-refractivity contribution in [3.63, 3.8) is 0 Å². The van der Waals surface area contributed by atoms with Gasteiger partial charge in [0, 0.05) is 0 Å². The van der Waals surface area contributed by atoms with E-state index in [2.05, 4.69) is 6.92 Å². The Balaban J connectivity index is 2.70. The van der Waals surface area contributed by atoms with Crippen molar-refractivity contribution in [2.75, 3.05) is 14.2 Å². The fourth-order valence-electron chi connectivity index (χ4n) is 2.55. The summed E-state index contributed by atoms with van der Waals surface area (Å²) in [6.07, 6.45) is 4.58. The van der Waals surface area contributed by atoms with Gasteiger partial charge in [0.15, 0.2) is 0 Å². The van der Waals surface area contributed by atoms with Crippen LogP contribution in [-0.4, -0.2) is 26.2 Å². The van der Waals surface area contributed by atoms with Gasteiger partial charge in [0.1, 0.15) is 0 Å². The maximum atomic E-state index is 11.5. The summed E-state index contributed by atoms with van der Waals surface area (Å²) in [6.45, 7) is 2.21. The van der Waals surface area contributed by atoms with Crippen molar-refractivity contribution in [1.29, 1.82) is 0 Å². The highest BCUT2D eigenvalue weighted by molar-refractivity contribution is 5.74. The molecule has 0 aromatic heterocycles. The normalized spacial score (nSPS) is 19.7. The Morgan fingerprint density at radius 1 is 1.06 bits per heavy atom. The highest BCUT2D eigenvalue weighted by Crippen LogP contribution is 2.44. The molecule has 0 spiro atoms. The molecule has 0 amide bonds. The molecule has 4 nitrogen and oxygen atoms in total. The van der Waals surface area contributed by atoms with E-state index >= 15 is 0 Å². The van der Waals surface area contributed by atoms with Crippen LogP contribution in [0.2, 0.25) is 0 Å². The SMILES string of the molecule is COC(=O)CC1(CC(=O)OC)CCC(C)CC1. The van der Waals surface area contributed by atoms with Crippen molar-refractivity contribution >= 4 is 11.9 Å². The van der Waals surface area contributed by atoms with Crippen LogP contribution in [-0.2, 0) is 19.1 Å². The molecule has 0 aromatic rings. The highest BCUT2D eigenvalue weighted by atomic mass is 16.5. The maximum Gasteiger partial charge on any atom is 0.306 e. The van der Waals surface area contributed by atoms with Crippen LogP contribution >= 0.6 is 0 Å². The summed E-state index contributed by atoms with van der Waals surface area (Å²) >= 11 is 0. The number of esters is 2. The first-order valence-corrected chi connectivity index (χ1v) is 6.15. The predicted molar refractivity (Wildman–Crippen MR) is 63.3 cm³/mol. The molecule has 17 heavy (non-hydrogen) atoms. The predicted octanol–water partition coefficient (Wildman–Crippen LogP) is 2.31. The first kappa shape index (κ1) is 14.0. The summed E-state index contributed by atoms with van der Waals surface area (Å²) in [5.41, 5.74) is -0.243. The molecule has 0 unspecified atom stereocenters. The molecule has 1 rings (SSSR count). The van der Waals surface area contributed by atoms with Gasteiger partial charge in [0.05, 0.1) is 27.1 Å². The van der Waals surface area contributed by atoms with E-state index in [0.29, 0.717) is 18.8 Å². The van der Waals surface area contributed by atoms with E-state index in [1.807, 2.05) is 0 Å². The minimum Gasteiger partial charge on any atom is -0.469 e. The molecule has 0 heterocycles. The molecule has 0 N–H and O–H groups in total. The van der Waals surface area contributed by atoms with Gasteiger partial charge in [-0.1, -0.05) is 19.8 Å². The van der Waals surface area contributed by atoms with Crippen LogP contribution in [0.25, 0.3) is 0 Å². The number of rotatable bonds is 4. The minimum atomic E-state index is -0.243. The number of hydrogen-bond donors (Lipinski definition) is 0. The molecule has 0 atom stereocenters. The largest absolute Gasteiger partial charge is 0.469 e. The van der Waals surface area contributed by atoms with Crippen LogP contribution in [0.4, 0.5) is 0 Å². The number of ether oxygens (including phenoxy) is 2. The average molecular weight is 242 g/mol. The first-order valence-electron chi connectivity index (χ1n) is 6.15. The van der Waals surface area contributed by atoms with E-state index in [1.54, 1.807) is 0 Å². The molecule has 1 fully saturated rings. The molecule has 1 aliphatic rings. The van der Waals surface area contributed by atoms with Crippen molar-refractivity contribution in [3.05, 3.63) is 0 Å². The lowest BCUT2D eigenvalue weighted by atomic mass is 9.67. The summed E-state index contributed by atoms with van der Waals surface area (Å²) in [5, 5.41) is 0. The van der Waals surface area contributed by atoms with Gasteiger partial charge in [0.25, 0.3) is 0 Å². The first-order chi connectivity index (χ1) is 8.01. The van der Waals surface area contributed by atoms with Gasteiger partial charge in [-0.2, -0.15) is 0 Å². The monoisotopic (exact) mass is 242 g/mol. The minimum absolute atomic E-state index is 0.233. The summed E-state index contributed by atoms with van der Waals surface area (Å²) < 4.78 is 9.46. The number of carbonyl (C=O) groups is 2. The molecule has 0 radical (unpaired) electrons. The zero-order valence-electron chi connectivity index (χ0n) is 11.0. The second-order valence-electron chi connectivity index (χ2n) is 5.19. The summed E-state index contributed by atoms with van der Waals surface area (Å²) in [7, 11) is 2.78. The van der Waals surface area contributed by atoms with Crippen molar-refractivity contribution in [3.8, 4) is 0 Å². The lowest BCUT2D eigenvalue weighted by Crippen LogP contribution is -2.32. The molecule has 98 valence electrons. The van der Waals surface area contributed by atoms with Crippen LogP contribution in [0, 0.1) is 11.3 Å². The number of hydrogen-bond acceptors (Lipinski definition) is 4. The lowest BCUT2D eigenvalue weighted by Gasteiger charge is -2.37. The Labute approximate surface area is 103 Å².